The highest BCUT2D eigenvalue weighted by Gasteiger charge is 2.18. The molecule has 1 atom stereocenters. The van der Waals surface area contributed by atoms with Crippen LogP contribution >= 0.6 is 11.8 Å². The molecular formula is C22H25N5OS. The summed E-state index contributed by atoms with van der Waals surface area (Å²) in [5.74, 6) is 2.66. The number of ether oxygens (including phenoxy) is 1. The number of thioether (sulfide) groups is 1. The number of rotatable bonds is 7. The van der Waals surface area contributed by atoms with E-state index in [4.69, 9.17) is 4.74 Å². The molecule has 0 amide bonds. The van der Waals surface area contributed by atoms with Crippen molar-refractivity contribution in [2.75, 3.05) is 29.9 Å². The van der Waals surface area contributed by atoms with Crippen LogP contribution in [0.4, 0.5) is 11.6 Å². The van der Waals surface area contributed by atoms with Gasteiger partial charge < -0.3 is 15.0 Å². The molecule has 1 unspecified atom stereocenters. The van der Waals surface area contributed by atoms with Gasteiger partial charge in [-0.05, 0) is 30.2 Å². The lowest BCUT2D eigenvalue weighted by atomic mass is 10.2. The van der Waals surface area contributed by atoms with Crippen LogP contribution in [0.5, 0.6) is 0 Å². The van der Waals surface area contributed by atoms with E-state index < -0.39 is 0 Å². The van der Waals surface area contributed by atoms with Crippen LogP contribution in [0.15, 0.2) is 66.1 Å². The van der Waals surface area contributed by atoms with E-state index >= 15 is 0 Å². The van der Waals surface area contributed by atoms with Gasteiger partial charge in [-0.15, -0.1) is 11.8 Å². The van der Waals surface area contributed by atoms with E-state index in [2.05, 4.69) is 62.4 Å². The Morgan fingerprint density at radius 1 is 1.17 bits per heavy atom. The van der Waals surface area contributed by atoms with E-state index in [1.54, 1.807) is 18.0 Å². The number of hydrogen-bond donors (Lipinski definition) is 1. The average Bonchev–Trinajstić information content (AvgIpc) is 2.78. The van der Waals surface area contributed by atoms with Crippen LogP contribution in [0.3, 0.4) is 0 Å². The maximum absolute atomic E-state index is 5.63. The molecule has 1 aliphatic heterocycles. The average molecular weight is 408 g/mol. The predicted molar refractivity (Wildman–Crippen MR) is 117 cm³/mol. The summed E-state index contributed by atoms with van der Waals surface area (Å²) < 4.78 is 5.63. The van der Waals surface area contributed by atoms with Gasteiger partial charge in [0, 0.05) is 31.6 Å². The van der Waals surface area contributed by atoms with Crippen LogP contribution in [0, 0.1) is 0 Å². The molecule has 1 aromatic carbocycles. The van der Waals surface area contributed by atoms with Gasteiger partial charge in [0.1, 0.15) is 16.7 Å². The summed E-state index contributed by atoms with van der Waals surface area (Å²) in [6, 6.07) is 14.6. The molecule has 0 radical (unpaired) electrons. The molecule has 0 bridgehead atoms. The maximum atomic E-state index is 5.63. The Bertz CT molecular complexity index is 924. The highest BCUT2D eigenvalue weighted by Crippen LogP contribution is 2.22. The molecule has 3 heterocycles. The van der Waals surface area contributed by atoms with E-state index in [1.807, 2.05) is 24.5 Å². The van der Waals surface area contributed by atoms with Crippen molar-refractivity contribution in [3.63, 3.8) is 0 Å². The largest absolute Gasteiger partial charge is 0.375 e. The Hall–Kier alpha value is -2.64. The third kappa shape index (κ3) is 5.68. The lowest BCUT2D eigenvalue weighted by Gasteiger charge is -2.32. The molecule has 1 N–H and O–H groups in total. The molecule has 1 fully saturated rings. The summed E-state index contributed by atoms with van der Waals surface area (Å²) in [5.41, 5.74) is 2.44. The first-order valence-corrected chi connectivity index (χ1v) is 10.8. The molecule has 4 rings (SSSR count). The molecule has 0 spiro atoms. The van der Waals surface area contributed by atoms with Crippen LogP contribution in [-0.4, -0.2) is 40.8 Å². The Balaban J connectivity index is 1.35. The van der Waals surface area contributed by atoms with Gasteiger partial charge in [0.05, 0.1) is 25.1 Å². The molecule has 1 aliphatic rings. The summed E-state index contributed by atoms with van der Waals surface area (Å²) in [7, 11) is 0. The molecule has 6 nitrogen and oxygen atoms in total. The van der Waals surface area contributed by atoms with Crippen molar-refractivity contribution in [1.29, 1.82) is 0 Å². The first-order chi connectivity index (χ1) is 14.3. The van der Waals surface area contributed by atoms with Gasteiger partial charge in [0.25, 0.3) is 0 Å². The second-order valence-corrected chi connectivity index (χ2v) is 8.02. The van der Waals surface area contributed by atoms with Crippen molar-refractivity contribution in [1.82, 2.24) is 15.0 Å². The van der Waals surface area contributed by atoms with Gasteiger partial charge in [-0.2, -0.15) is 0 Å². The molecule has 2 aromatic heterocycles. The number of hydrogen-bond acceptors (Lipinski definition) is 7. The van der Waals surface area contributed by atoms with Crippen LogP contribution in [0.2, 0.25) is 0 Å². The van der Waals surface area contributed by atoms with Crippen molar-refractivity contribution < 1.29 is 4.74 Å². The molecule has 3 aromatic rings. The summed E-state index contributed by atoms with van der Waals surface area (Å²) in [6.45, 7) is 5.26. The summed E-state index contributed by atoms with van der Waals surface area (Å²) in [6.07, 6.45) is 5.67. The van der Waals surface area contributed by atoms with Gasteiger partial charge >= 0.3 is 0 Å². The molecule has 0 aliphatic carbocycles. The number of nitrogens with zero attached hydrogens (tertiary/aromatic N) is 4. The van der Waals surface area contributed by atoms with Crippen molar-refractivity contribution in [2.24, 2.45) is 0 Å². The highest BCUT2D eigenvalue weighted by atomic mass is 32.2. The number of nitrogens with one attached hydrogen (secondary N) is 1. The maximum Gasteiger partial charge on any atom is 0.146 e. The molecule has 29 heavy (non-hydrogen) atoms. The van der Waals surface area contributed by atoms with Crippen LogP contribution in [0.1, 0.15) is 18.1 Å². The van der Waals surface area contributed by atoms with Gasteiger partial charge in [0.2, 0.25) is 0 Å². The van der Waals surface area contributed by atoms with E-state index in [1.165, 1.54) is 11.1 Å². The van der Waals surface area contributed by atoms with E-state index in [9.17, 15) is 0 Å². The number of benzene rings is 1. The minimum absolute atomic E-state index is 0.235. The van der Waals surface area contributed by atoms with Crippen molar-refractivity contribution in [2.45, 2.75) is 30.4 Å². The van der Waals surface area contributed by atoms with Crippen molar-refractivity contribution >= 4 is 23.4 Å². The Kier molecular flexibility index (Phi) is 6.59. The molecular weight excluding hydrogens is 382 g/mol. The van der Waals surface area contributed by atoms with E-state index in [0.717, 1.165) is 42.1 Å². The summed E-state index contributed by atoms with van der Waals surface area (Å²) in [4.78, 5) is 15.8. The normalized spacial score (nSPS) is 16.6. The quantitative estimate of drug-likeness (QED) is 0.594. The second-order valence-electron chi connectivity index (χ2n) is 7.02. The zero-order valence-electron chi connectivity index (χ0n) is 16.5. The van der Waals surface area contributed by atoms with Crippen LogP contribution < -0.4 is 10.2 Å². The Labute approximate surface area is 175 Å². The Morgan fingerprint density at radius 3 is 2.93 bits per heavy atom. The number of morpholine rings is 1. The summed E-state index contributed by atoms with van der Waals surface area (Å²) in [5, 5.41) is 4.29. The topological polar surface area (TPSA) is 63.2 Å². The van der Waals surface area contributed by atoms with Crippen LogP contribution in [-0.2, 0) is 17.0 Å². The number of aromatic nitrogens is 3. The third-order valence-electron chi connectivity index (χ3n) is 4.69. The van der Waals surface area contributed by atoms with Crippen molar-refractivity contribution in [3.05, 3.63) is 72.2 Å². The predicted octanol–water partition coefficient (Wildman–Crippen LogP) is 4.00. The monoisotopic (exact) mass is 407 g/mol. The summed E-state index contributed by atoms with van der Waals surface area (Å²) >= 11 is 1.69. The molecule has 0 saturated carbocycles. The Morgan fingerprint density at radius 2 is 2.07 bits per heavy atom. The fraction of sp³-hybridized carbons (Fsp3) is 0.318. The molecule has 150 valence electrons. The van der Waals surface area contributed by atoms with Crippen LogP contribution in [0.25, 0.3) is 0 Å². The van der Waals surface area contributed by atoms with Gasteiger partial charge in [-0.25, -0.2) is 9.97 Å². The van der Waals surface area contributed by atoms with E-state index in [0.29, 0.717) is 6.54 Å². The third-order valence-corrected chi connectivity index (χ3v) is 5.66. The smallest absolute Gasteiger partial charge is 0.146 e. The van der Waals surface area contributed by atoms with Gasteiger partial charge in [-0.1, -0.05) is 30.3 Å². The second kappa shape index (κ2) is 9.71. The van der Waals surface area contributed by atoms with Crippen molar-refractivity contribution in [3.8, 4) is 0 Å². The fourth-order valence-electron chi connectivity index (χ4n) is 3.20. The first kappa shape index (κ1) is 19.7. The van der Waals surface area contributed by atoms with E-state index in [-0.39, 0.29) is 6.10 Å². The highest BCUT2D eigenvalue weighted by molar-refractivity contribution is 7.98. The molecule has 7 heteroatoms. The lowest BCUT2D eigenvalue weighted by Crippen LogP contribution is -2.41. The first-order valence-electron chi connectivity index (χ1n) is 9.80. The zero-order chi connectivity index (χ0) is 19.9. The number of pyridine rings is 1. The number of anilines is 2. The molecule has 1 saturated heterocycles. The zero-order valence-corrected chi connectivity index (χ0v) is 17.3. The SMILES string of the molecule is CC1CN(c2cc(CNc3cncc(SCc4ccccc4)n3)ccn2)CCO1. The minimum Gasteiger partial charge on any atom is -0.375 e. The standard InChI is InChI=1S/C22H25N5OS/c1-17-15-27(9-10-28-17)21-11-19(7-8-24-21)12-25-20-13-23-14-22(26-20)29-16-18-5-3-2-4-6-18/h2-8,11,13-14,17H,9-10,12,15-16H2,1H3,(H,25,26). The van der Waals surface area contributed by atoms with Gasteiger partial charge in [0.15, 0.2) is 0 Å². The lowest BCUT2D eigenvalue weighted by molar-refractivity contribution is 0.0529. The fourth-order valence-corrected chi connectivity index (χ4v) is 4.00. The van der Waals surface area contributed by atoms with Gasteiger partial charge in [-0.3, -0.25) is 4.98 Å². The minimum atomic E-state index is 0.235.